The molecule has 0 spiro atoms. The minimum absolute atomic E-state index is 0.000626. The van der Waals surface area contributed by atoms with Crippen LogP contribution in [0.3, 0.4) is 0 Å². The lowest BCUT2D eigenvalue weighted by atomic mass is 9.95. The number of likely N-dealkylation sites (tertiary alicyclic amines) is 1. The van der Waals surface area contributed by atoms with Crippen LogP contribution in [0.2, 0.25) is 0 Å². The smallest absolute Gasteiger partial charge is 0.339 e. The Balaban J connectivity index is 1.26. The quantitative estimate of drug-likeness (QED) is 0.207. The number of carboxylic acids is 1. The first-order valence-corrected chi connectivity index (χ1v) is 17.1. The molecule has 2 heterocycles. The van der Waals surface area contributed by atoms with Crippen molar-refractivity contribution < 1.29 is 34.1 Å². The van der Waals surface area contributed by atoms with Gasteiger partial charge < -0.3 is 25.2 Å². The number of aliphatic hydroxyl groups excluding tert-OH is 1. The summed E-state index contributed by atoms with van der Waals surface area (Å²) >= 11 is 0. The number of aromatic carboxylic acids is 1. The zero-order valence-corrected chi connectivity index (χ0v) is 28.9. The highest BCUT2D eigenvalue weighted by atomic mass is 16.5. The Bertz CT molecular complexity index is 1830. The van der Waals surface area contributed by atoms with Gasteiger partial charge in [0.2, 0.25) is 5.91 Å². The second-order valence-electron chi connectivity index (χ2n) is 12.6. The summed E-state index contributed by atoms with van der Waals surface area (Å²) in [7, 11) is 1.47. The third kappa shape index (κ3) is 8.69. The summed E-state index contributed by atoms with van der Waals surface area (Å²) in [5, 5.41) is 33.0. The molecular formula is C39H43N5O7. The number of allylic oxidation sites excluding steroid dienone is 1. The lowest BCUT2D eigenvalue weighted by Gasteiger charge is -2.46. The van der Waals surface area contributed by atoms with Gasteiger partial charge >= 0.3 is 12.0 Å². The molecule has 1 unspecified atom stereocenters. The van der Waals surface area contributed by atoms with E-state index in [0.29, 0.717) is 53.8 Å². The molecule has 12 heteroatoms. The van der Waals surface area contributed by atoms with Crippen LogP contribution in [-0.4, -0.2) is 101 Å². The van der Waals surface area contributed by atoms with Crippen LogP contribution in [0, 0.1) is 11.3 Å². The molecule has 2 fully saturated rings. The van der Waals surface area contributed by atoms with Crippen LogP contribution in [0.5, 0.6) is 5.75 Å². The molecule has 0 aromatic heterocycles. The summed E-state index contributed by atoms with van der Waals surface area (Å²) < 4.78 is 5.69. The van der Waals surface area contributed by atoms with Crippen LogP contribution in [0.1, 0.15) is 69.2 Å². The Morgan fingerprint density at radius 2 is 1.73 bits per heavy atom. The Kier molecular flexibility index (Phi) is 12.3. The number of nitrogens with one attached hydrogen (secondary N) is 1. The van der Waals surface area contributed by atoms with Gasteiger partial charge in [0.05, 0.1) is 50.5 Å². The second kappa shape index (κ2) is 17.0. The number of urea groups is 1. The highest BCUT2D eigenvalue weighted by Crippen LogP contribution is 2.29. The standard InChI is InChI=1S/C39H43N5O7/c1-3-51-34-20-31(19-27(37(34)38(48)49)13-14-30(25-45)26-9-5-4-6-10-26)33(46)23-41-32-15-17-43(18-16-32)35-21-36(47)42(2)39(50)44(35)24-29-12-8-7-11-28(29)22-40/h4-12,14,19-20,32,35,41,45H,3,13,15-18,21,23-25H2,1-2H3,(H,48,49). The van der Waals surface area contributed by atoms with Crippen LogP contribution >= 0.6 is 0 Å². The largest absolute Gasteiger partial charge is 0.493 e. The van der Waals surface area contributed by atoms with Gasteiger partial charge in [-0.25, -0.2) is 9.59 Å². The molecule has 1 atom stereocenters. The van der Waals surface area contributed by atoms with Crippen molar-refractivity contribution in [2.45, 2.75) is 51.4 Å². The Morgan fingerprint density at radius 1 is 1.02 bits per heavy atom. The Morgan fingerprint density at radius 3 is 2.39 bits per heavy atom. The minimum Gasteiger partial charge on any atom is -0.493 e. The average Bonchev–Trinajstić information content (AvgIpc) is 3.15. The van der Waals surface area contributed by atoms with E-state index in [2.05, 4.69) is 16.3 Å². The van der Waals surface area contributed by atoms with Gasteiger partial charge in [-0.3, -0.25) is 19.4 Å². The molecule has 3 aromatic rings. The predicted octanol–water partition coefficient (Wildman–Crippen LogP) is 4.32. The molecule has 51 heavy (non-hydrogen) atoms. The fourth-order valence-corrected chi connectivity index (χ4v) is 6.69. The van der Waals surface area contributed by atoms with Gasteiger partial charge in [0.1, 0.15) is 11.3 Å². The molecule has 2 aliphatic rings. The van der Waals surface area contributed by atoms with Gasteiger partial charge in [-0.05, 0) is 66.6 Å². The first-order chi connectivity index (χ1) is 24.6. The van der Waals surface area contributed by atoms with E-state index < -0.39 is 18.2 Å². The molecule has 3 aromatic carbocycles. The number of carbonyl (C=O) groups is 4. The van der Waals surface area contributed by atoms with Crippen molar-refractivity contribution in [3.8, 4) is 11.8 Å². The van der Waals surface area contributed by atoms with Crippen molar-refractivity contribution in [1.82, 2.24) is 20.0 Å². The average molecular weight is 694 g/mol. The van der Waals surface area contributed by atoms with Crippen LogP contribution in [0.15, 0.2) is 72.8 Å². The lowest BCUT2D eigenvalue weighted by Crippen LogP contribution is -2.62. The van der Waals surface area contributed by atoms with Crippen molar-refractivity contribution in [1.29, 1.82) is 5.26 Å². The molecule has 12 nitrogen and oxygen atoms in total. The number of imide groups is 1. The number of piperidine rings is 1. The van der Waals surface area contributed by atoms with Gasteiger partial charge in [-0.2, -0.15) is 5.26 Å². The summed E-state index contributed by atoms with van der Waals surface area (Å²) in [5.74, 6) is -1.54. The van der Waals surface area contributed by atoms with E-state index in [1.54, 1.807) is 36.1 Å². The van der Waals surface area contributed by atoms with Crippen molar-refractivity contribution in [3.05, 3.63) is 106 Å². The van der Waals surface area contributed by atoms with Crippen LogP contribution < -0.4 is 10.1 Å². The number of ketones is 1. The summed E-state index contributed by atoms with van der Waals surface area (Å²) in [6.07, 6.45) is 2.96. The minimum atomic E-state index is -1.17. The Labute approximate surface area is 297 Å². The zero-order chi connectivity index (χ0) is 36.5. The van der Waals surface area contributed by atoms with Crippen molar-refractivity contribution >= 4 is 29.3 Å². The van der Waals surface area contributed by atoms with E-state index in [1.807, 2.05) is 42.5 Å². The Hall–Kier alpha value is -5.35. The van der Waals surface area contributed by atoms with Gasteiger partial charge in [0.15, 0.2) is 5.78 Å². The maximum absolute atomic E-state index is 13.5. The third-order valence-corrected chi connectivity index (χ3v) is 9.51. The number of nitrogens with zero attached hydrogens (tertiary/aromatic N) is 4. The number of amides is 3. The zero-order valence-electron chi connectivity index (χ0n) is 28.9. The van der Waals surface area contributed by atoms with Crippen LogP contribution in [-0.2, 0) is 17.8 Å². The second-order valence-corrected chi connectivity index (χ2v) is 12.6. The normalized spacial score (nSPS) is 17.4. The number of aliphatic hydroxyl groups is 1. The van der Waals surface area contributed by atoms with Crippen molar-refractivity contribution in [2.24, 2.45) is 0 Å². The van der Waals surface area contributed by atoms with Gasteiger partial charge in [0, 0.05) is 31.7 Å². The maximum atomic E-state index is 13.5. The molecule has 2 saturated heterocycles. The first kappa shape index (κ1) is 36.9. The molecular weight excluding hydrogens is 650 g/mol. The number of benzene rings is 3. The highest BCUT2D eigenvalue weighted by molar-refractivity contribution is 6.01. The van der Waals surface area contributed by atoms with Gasteiger partial charge in [-0.1, -0.05) is 54.6 Å². The summed E-state index contributed by atoms with van der Waals surface area (Å²) in [5.41, 5.74) is 3.34. The van der Waals surface area contributed by atoms with Crippen LogP contribution in [0.25, 0.3) is 5.57 Å². The molecule has 0 radical (unpaired) electrons. The van der Waals surface area contributed by atoms with E-state index >= 15 is 0 Å². The molecule has 266 valence electrons. The van der Waals surface area contributed by atoms with E-state index in [-0.39, 0.29) is 68.2 Å². The maximum Gasteiger partial charge on any atom is 0.339 e. The monoisotopic (exact) mass is 693 g/mol. The van der Waals surface area contributed by atoms with E-state index in [0.717, 1.165) is 10.5 Å². The summed E-state index contributed by atoms with van der Waals surface area (Å²) in [6, 6.07) is 21.3. The molecule has 3 amide bonds. The molecule has 3 N–H and O–H groups in total. The molecule has 0 aliphatic carbocycles. The van der Waals surface area contributed by atoms with E-state index in [9.17, 15) is 34.7 Å². The fourth-order valence-electron chi connectivity index (χ4n) is 6.69. The number of Topliss-reactive ketones (excluding diaryl/α,β-unsaturated/α-hetero) is 1. The number of carboxylic acid groups (broad SMARTS) is 1. The molecule has 0 saturated carbocycles. The molecule has 2 aliphatic heterocycles. The topological polar surface area (TPSA) is 164 Å². The summed E-state index contributed by atoms with van der Waals surface area (Å²) in [6.45, 7) is 3.12. The fraction of sp³-hybridized carbons (Fsp3) is 0.359. The number of carbonyl (C=O) groups excluding carboxylic acids is 3. The van der Waals surface area contributed by atoms with Crippen molar-refractivity contribution in [3.63, 3.8) is 0 Å². The van der Waals surface area contributed by atoms with E-state index in [1.165, 1.54) is 13.1 Å². The number of hydrogen-bond acceptors (Lipinski definition) is 9. The predicted molar refractivity (Wildman–Crippen MR) is 190 cm³/mol. The highest BCUT2D eigenvalue weighted by Gasteiger charge is 2.41. The summed E-state index contributed by atoms with van der Waals surface area (Å²) in [4.78, 5) is 56.8. The van der Waals surface area contributed by atoms with Gasteiger partial charge in [0.25, 0.3) is 0 Å². The molecule has 0 bridgehead atoms. The number of ether oxygens (including phenoxy) is 1. The number of rotatable bonds is 14. The molecule has 5 rings (SSSR count). The number of nitriles is 1. The number of hydrogen-bond donors (Lipinski definition) is 3. The van der Waals surface area contributed by atoms with Crippen LogP contribution in [0.4, 0.5) is 4.79 Å². The first-order valence-electron chi connectivity index (χ1n) is 17.1. The lowest BCUT2D eigenvalue weighted by molar-refractivity contribution is -0.135. The van der Waals surface area contributed by atoms with Crippen molar-refractivity contribution in [2.75, 3.05) is 39.9 Å². The SMILES string of the molecule is CCOc1cc(C(=O)CNC2CCN(C3CC(=O)N(C)C(=O)N3Cc3ccccc3C#N)CC2)cc(CC=C(CO)c2ccccc2)c1C(=O)O. The van der Waals surface area contributed by atoms with E-state index in [4.69, 9.17) is 4.74 Å². The third-order valence-electron chi connectivity index (χ3n) is 9.51. The van der Waals surface area contributed by atoms with Gasteiger partial charge in [-0.15, -0.1) is 0 Å².